The Kier molecular flexibility index (Phi) is 24.6. The molecule has 0 saturated carbocycles. The van der Waals surface area contributed by atoms with Crippen LogP contribution in [0.15, 0.2) is 89.8 Å². The van der Waals surface area contributed by atoms with Gasteiger partial charge in [-0.25, -0.2) is 0 Å². The summed E-state index contributed by atoms with van der Waals surface area (Å²) in [6.45, 7) is 16.9. The summed E-state index contributed by atoms with van der Waals surface area (Å²) < 4.78 is 133. The van der Waals surface area contributed by atoms with Gasteiger partial charge in [0.25, 0.3) is 10.1 Å². The summed E-state index contributed by atoms with van der Waals surface area (Å²) >= 11 is 0. The molecule has 3 fully saturated rings. The van der Waals surface area contributed by atoms with Crippen molar-refractivity contribution in [3.05, 3.63) is 84.9 Å². The van der Waals surface area contributed by atoms with Crippen molar-refractivity contribution < 1.29 is 102 Å². The van der Waals surface area contributed by atoms with Crippen LogP contribution in [0.1, 0.15) is 121 Å². The van der Waals surface area contributed by atoms with Crippen LogP contribution in [-0.4, -0.2) is 184 Å². The summed E-state index contributed by atoms with van der Waals surface area (Å²) in [5.74, 6) is -3.64. The second-order valence-corrected chi connectivity index (χ2v) is 32.2. The molecule has 3 aliphatic heterocycles. The molecule has 0 spiro atoms. The molecule has 6 N–H and O–H groups in total. The molecule has 3 saturated heterocycles. The molecule has 0 radical (unpaired) electrons. The first-order valence-electron chi connectivity index (χ1n) is 29.8. The Balaban J connectivity index is 0.00000190. The Morgan fingerprint density at radius 3 is 1.88 bits per heavy atom. The van der Waals surface area contributed by atoms with Gasteiger partial charge in [-0.3, -0.25) is 14.1 Å². The zero-order valence-electron chi connectivity index (χ0n) is 52.5. The van der Waals surface area contributed by atoms with Crippen molar-refractivity contribution in [1.82, 2.24) is 9.80 Å². The van der Waals surface area contributed by atoms with Gasteiger partial charge in [0.2, 0.25) is 5.91 Å². The monoisotopic (exact) mass is 1320 g/mol. The summed E-state index contributed by atoms with van der Waals surface area (Å²) in [4.78, 5) is 32.9. The van der Waals surface area contributed by atoms with Crippen LogP contribution >= 0.6 is 15.1 Å². The molecule has 6 rings (SSSR count). The number of amides is 1. The first kappa shape index (κ1) is 75.2. The SMILES string of the molecule is CC[C@H]1OC(=O)[C@H](C)[C@@H](O[C@H]2C[C@@](C)(OC)[C@@H](O)[C@H](C)O2)[C@H](C)[C@@H](O[C@@H]2O[C@H](C)C[C@H](N(C)C)[C@H]2O)[C@](C)(O)C[C@@H](C)CN(C(=O)CCCCC[P+](c2ccccc2)(c2ccccc2)c2cccc(S(=O)(=O)O)c2)[C@H](C)[C@@H](O)[C@]1(C)O.F[P-](F)(F)(F)(F)F. The number of cyclic esters (lactones) is 1. The van der Waals surface area contributed by atoms with Crippen LogP contribution in [0.4, 0.5) is 25.2 Å². The third kappa shape index (κ3) is 19.8. The molecule has 18 atom stereocenters. The van der Waals surface area contributed by atoms with Crippen LogP contribution < -0.4 is 15.9 Å². The van der Waals surface area contributed by atoms with Gasteiger partial charge >= 0.3 is 39.0 Å². The molecule has 0 aliphatic carbocycles. The molecule has 27 heteroatoms. The van der Waals surface area contributed by atoms with Gasteiger partial charge in [-0.2, -0.15) is 8.42 Å². The number of carbonyl (C=O) groups excluding carboxylic acids is 2. The van der Waals surface area contributed by atoms with E-state index in [1.807, 2.05) is 99.6 Å². The van der Waals surface area contributed by atoms with Gasteiger partial charge in [0, 0.05) is 44.5 Å². The molecule has 0 aromatic heterocycles. The summed E-state index contributed by atoms with van der Waals surface area (Å²) in [6, 6.07) is 24.9. The van der Waals surface area contributed by atoms with Gasteiger partial charge in [0.15, 0.2) is 12.6 Å². The normalized spacial score (nSPS) is 35.1. The molecular formula is C61H94F6N2O16P2S. The van der Waals surface area contributed by atoms with Crippen LogP contribution in [0.2, 0.25) is 0 Å². The molecule has 3 heterocycles. The maximum absolute atomic E-state index is 14.9. The molecule has 0 bridgehead atoms. The predicted molar refractivity (Wildman–Crippen MR) is 325 cm³/mol. The number of rotatable bonds is 17. The number of likely N-dealkylation sites (N-methyl/N-ethyl adjacent to an activating group) is 1. The van der Waals surface area contributed by atoms with E-state index in [1.54, 1.807) is 60.6 Å². The number of aliphatic hydroxyl groups excluding tert-OH is 3. The van der Waals surface area contributed by atoms with Crippen LogP contribution in [0.3, 0.4) is 0 Å². The standard InChI is InChI=1S/C61H93N2O16PS.F6P/c1-14-49-61(10,70)54(66)42(6)63(50(64)31-22-17-23-32-80(44-25-18-15-19-26-44,45-27-20-16-21-28-45)46-29-24-30-47(34-46)81(71,72)73)37-38(2)35-59(8,69)56(79-58-52(65)48(62(11)12)33-39(3)75-58)40(4)53(41(5)57(68)77-49)78-51-36-60(9,74-13)55(67)43(7)76-51;1-7(2,3,4,5)6/h15-16,18-21,24-30,34,38-43,48-49,51-56,58,65-67,69-70H,14,17,22-23,31-33,35-37H2,1-13H3;/q;-1/p+1/t38-,39-,40+,41-,42-,43+,48+,49-,51+,52-,53+,54-,55+,56-,58+,59-,60-,61-;/m1./s1. The van der Waals surface area contributed by atoms with Crippen LogP contribution in [0.5, 0.6) is 0 Å². The number of benzene rings is 3. The number of unbranched alkanes of at least 4 members (excludes halogenated alkanes) is 2. The van der Waals surface area contributed by atoms with E-state index < -0.39 is 127 Å². The first-order valence-corrected chi connectivity index (χ1v) is 35.3. The molecule has 3 aromatic carbocycles. The van der Waals surface area contributed by atoms with Crippen molar-refractivity contribution in [1.29, 1.82) is 0 Å². The summed E-state index contributed by atoms with van der Waals surface area (Å²) in [5.41, 5.74) is -4.99. The number of ether oxygens (including phenoxy) is 6. The van der Waals surface area contributed by atoms with E-state index in [1.165, 1.54) is 25.0 Å². The van der Waals surface area contributed by atoms with Crippen LogP contribution in [0, 0.1) is 17.8 Å². The van der Waals surface area contributed by atoms with E-state index in [9.17, 15) is 73.3 Å². The van der Waals surface area contributed by atoms with E-state index in [4.69, 9.17) is 28.4 Å². The Morgan fingerprint density at radius 2 is 1.35 bits per heavy atom. The molecule has 0 unspecified atom stereocenters. The zero-order valence-corrected chi connectivity index (χ0v) is 55.2. The molecule has 502 valence electrons. The summed E-state index contributed by atoms with van der Waals surface area (Å²) in [6.07, 6.45) is -7.89. The van der Waals surface area contributed by atoms with E-state index in [2.05, 4.69) is 0 Å². The Morgan fingerprint density at radius 1 is 0.795 bits per heavy atom. The number of halogens is 6. The fourth-order valence-electron chi connectivity index (χ4n) is 12.9. The van der Waals surface area contributed by atoms with Crippen LogP contribution in [-0.2, 0) is 48.1 Å². The molecule has 3 aliphatic rings. The zero-order chi connectivity index (χ0) is 66.4. The fourth-order valence-corrected chi connectivity index (χ4v) is 17.9. The maximum atomic E-state index is 14.9. The van der Waals surface area contributed by atoms with Crippen molar-refractivity contribution in [2.75, 3.05) is 33.9 Å². The molecule has 88 heavy (non-hydrogen) atoms. The van der Waals surface area contributed by atoms with Crippen molar-refractivity contribution in [3.63, 3.8) is 0 Å². The number of hydrogen-bond donors (Lipinski definition) is 6. The Labute approximate surface area is 514 Å². The van der Waals surface area contributed by atoms with Crippen molar-refractivity contribution in [2.24, 2.45) is 17.8 Å². The first-order chi connectivity index (χ1) is 40.4. The minimum atomic E-state index is -10.7. The topological polar surface area (TPSA) is 252 Å². The van der Waals surface area contributed by atoms with Gasteiger partial charge in [-0.1, -0.05) is 63.2 Å². The Bertz CT molecular complexity index is 2820. The van der Waals surface area contributed by atoms with E-state index in [-0.39, 0.29) is 55.2 Å². The van der Waals surface area contributed by atoms with Crippen molar-refractivity contribution >= 4 is 53.0 Å². The third-order valence-electron chi connectivity index (χ3n) is 17.6. The van der Waals surface area contributed by atoms with Crippen molar-refractivity contribution in [2.45, 2.75) is 216 Å². The number of aliphatic hydroxyl groups is 5. The van der Waals surface area contributed by atoms with Gasteiger partial charge in [0.1, 0.15) is 53.2 Å². The third-order valence-corrected chi connectivity index (χ3v) is 22.9. The second-order valence-electron chi connectivity index (χ2n) is 25.2. The fraction of sp³-hybridized carbons (Fsp3) is 0.672. The summed E-state index contributed by atoms with van der Waals surface area (Å²) in [5, 5.41) is 63.6. The van der Waals surface area contributed by atoms with Crippen molar-refractivity contribution in [3.8, 4) is 0 Å². The Hall–Kier alpha value is -3.49. The molecule has 3 aromatic rings. The molecular weight excluding hydrogens is 1220 g/mol. The van der Waals surface area contributed by atoms with Gasteiger partial charge in [0.05, 0.1) is 58.6 Å². The summed E-state index contributed by atoms with van der Waals surface area (Å²) in [7, 11) is -12.5. The number of esters is 1. The number of methoxy groups -OCH3 is 1. The van der Waals surface area contributed by atoms with Crippen LogP contribution in [0.25, 0.3) is 0 Å². The number of carbonyl (C=O) groups is 2. The van der Waals surface area contributed by atoms with Gasteiger partial charge in [-0.05, 0) is 143 Å². The van der Waals surface area contributed by atoms with E-state index >= 15 is 0 Å². The van der Waals surface area contributed by atoms with Gasteiger partial charge in [-0.15, -0.1) is 0 Å². The van der Waals surface area contributed by atoms with E-state index in [0.717, 1.165) is 15.9 Å². The average molecular weight is 1320 g/mol. The second kappa shape index (κ2) is 28.8. The predicted octanol–water partition coefficient (Wildman–Crippen LogP) is 8.98. The number of nitrogens with zero attached hydrogens (tertiary/aromatic N) is 2. The molecule has 1 amide bonds. The van der Waals surface area contributed by atoms with E-state index in [0.29, 0.717) is 31.8 Å². The molecule has 18 nitrogen and oxygen atoms in total. The minimum absolute atomic E-state index is 0.00194. The quantitative estimate of drug-likeness (QED) is 0.0242. The average Bonchev–Trinajstić information content (AvgIpc) is 0.862. The van der Waals surface area contributed by atoms with Gasteiger partial charge < -0.3 is 63.8 Å². The number of hydrogen-bond acceptors (Lipinski definition) is 16.